The van der Waals surface area contributed by atoms with Gasteiger partial charge in [-0.15, -0.1) is 0 Å². The van der Waals surface area contributed by atoms with Crippen LogP contribution in [0.4, 0.5) is 0 Å². The second-order valence-electron chi connectivity index (χ2n) is 10.3. The summed E-state index contributed by atoms with van der Waals surface area (Å²) in [4.78, 5) is 53.2. The molecule has 0 radical (unpaired) electrons. The van der Waals surface area contributed by atoms with Gasteiger partial charge in [0.25, 0.3) is 0 Å². The van der Waals surface area contributed by atoms with Gasteiger partial charge in [0.1, 0.15) is 18.8 Å². The zero-order valence-electron chi connectivity index (χ0n) is 24.9. The normalized spacial score (nSPS) is 20.8. The zero-order chi connectivity index (χ0) is 32.3. The lowest BCUT2D eigenvalue weighted by molar-refractivity contribution is -0.186. The van der Waals surface area contributed by atoms with Crippen molar-refractivity contribution >= 4 is 23.9 Å². The predicted octanol–water partition coefficient (Wildman–Crippen LogP) is 5.28. The molecule has 0 aliphatic carbocycles. The van der Waals surface area contributed by atoms with E-state index in [1.54, 1.807) is 121 Å². The molecular weight excluding hydrogens is 592 g/mol. The van der Waals surface area contributed by atoms with Gasteiger partial charge < -0.3 is 28.4 Å². The van der Waals surface area contributed by atoms with Crippen LogP contribution in [0.25, 0.3) is 0 Å². The number of rotatable bonds is 10. The smallest absolute Gasteiger partial charge is 0.338 e. The van der Waals surface area contributed by atoms with E-state index in [1.807, 2.05) is 0 Å². The van der Waals surface area contributed by atoms with Gasteiger partial charge in [-0.25, -0.2) is 19.2 Å². The second-order valence-corrected chi connectivity index (χ2v) is 10.3. The maximum atomic E-state index is 13.5. The van der Waals surface area contributed by atoms with Gasteiger partial charge in [0.05, 0.1) is 22.3 Å². The average molecular weight is 625 g/mol. The molecule has 5 rings (SSSR count). The summed E-state index contributed by atoms with van der Waals surface area (Å²) in [5.74, 6) is -2.88. The molecule has 10 heteroatoms. The third-order valence-corrected chi connectivity index (χ3v) is 7.23. The lowest BCUT2D eigenvalue weighted by Crippen LogP contribution is -2.51. The van der Waals surface area contributed by atoms with Crippen LogP contribution < -0.4 is 0 Å². The zero-order valence-corrected chi connectivity index (χ0v) is 24.9. The Morgan fingerprint density at radius 3 is 1.39 bits per heavy atom. The lowest BCUT2D eigenvalue weighted by atomic mass is 10.0. The quantitative estimate of drug-likeness (QED) is 0.170. The number of carbonyl (C=O) groups is 4. The molecule has 0 spiro atoms. The molecule has 1 fully saturated rings. The van der Waals surface area contributed by atoms with Gasteiger partial charge in [0.15, 0.2) is 18.5 Å². The first-order chi connectivity index (χ1) is 22.4. The van der Waals surface area contributed by atoms with Crippen molar-refractivity contribution in [2.24, 2.45) is 0 Å². The van der Waals surface area contributed by atoms with E-state index < -0.39 is 61.2 Å². The number of esters is 4. The summed E-state index contributed by atoms with van der Waals surface area (Å²) < 4.78 is 35.2. The SMILES string of the molecule is CO[C@H]1C[C@H](OC(=O)c2ccccc2)[C@@H](OC(=O)c2ccccc2)[C@H](OC(=O)c2ccccc2)[C@@H](COC(=O)c2ccccc2)O1. The standard InChI is InChI=1S/C36H32O10/c1-41-30-22-28(44-34(38)25-16-8-3-9-17-25)31(45-35(39)26-18-10-4-11-19-26)32(46-36(40)27-20-12-5-13-21-27)29(43-30)23-42-33(37)24-14-6-2-7-15-24/h2-21,28-32H,22-23H2,1H3/t28-,29+,30+,31+,32+/m0/s1. The maximum absolute atomic E-state index is 13.5. The van der Waals surface area contributed by atoms with E-state index in [0.29, 0.717) is 5.56 Å². The molecule has 5 atom stereocenters. The fourth-order valence-corrected chi connectivity index (χ4v) is 4.89. The molecule has 46 heavy (non-hydrogen) atoms. The Bertz CT molecular complexity index is 1600. The first kappa shape index (κ1) is 32.1. The van der Waals surface area contributed by atoms with Crippen LogP contribution in [0.15, 0.2) is 121 Å². The largest absolute Gasteiger partial charge is 0.459 e. The Morgan fingerprint density at radius 2 is 0.957 bits per heavy atom. The van der Waals surface area contributed by atoms with E-state index >= 15 is 0 Å². The molecule has 0 aromatic heterocycles. The Labute approximate surface area is 265 Å². The highest BCUT2D eigenvalue weighted by Crippen LogP contribution is 2.30. The van der Waals surface area contributed by atoms with Crippen molar-refractivity contribution in [1.29, 1.82) is 0 Å². The Morgan fingerprint density at radius 1 is 0.565 bits per heavy atom. The number of methoxy groups -OCH3 is 1. The van der Waals surface area contributed by atoms with E-state index in [4.69, 9.17) is 28.4 Å². The predicted molar refractivity (Wildman–Crippen MR) is 164 cm³/mol. The summed E-state index contributed by atoms with van der Waals surface area (Å²) in [5, 5.41) is 0. The molecule has 1 heterocycles. The first-order valence-corrected chi connectivity index (χ1v) is 14.6. The van der Waals surface area contributed by atoms with E-state index in [1.165, 1.54) is 7.11 Å². The van der Waals surface area contributed by atoms with Crippen LogP contribution >= 0.6 is 0 Å². The van der Waals surface area contributed by atoms with Crippen LogP contribution in [0.5, 0.6) is 0 Å². The summed E-state index contributed by atoms with van der Waals surface area (Å²) >= 11 is 0. The number of benzene rings is 4. The van der Waals surface area contributed by atoms with Crippen LogP contribution in [-0.2, 0) is 28.4 Å². The number of hydrogen-bond acceptors (Lipinski definition) is 10. The molecule has 1 aliphatic heterocycles. The van der Waals surface area contributed by atoms with Crippen molar-refractivity contribution in [2.45, 2.75) is 37.1 Å². The molecule has 0 N–H and O–H groups in total. The fourth-order valence-electron chi connectivity index (χ4n) is 4.89. The minimum Gasteiger partial charge on any atom is -0.459 e. The molecule has 0 amide bonds. The Kier molecular flexibility index (Phi) is 10.9. The van der Waals surface area contributed by atoms with Crippen molar-refractivity contribution in [2.75, 3.05) is 13.7 Å². The van der Waals surface area contributed by atoms with Crippen molar-refractivity contribution in [3.05, 3.63) is 144 Å². The van der Waals surface area contributed by atoms with Crippen LogP contribution in [-0.4, -0.2) is 68.3 Å². The van der Waals surface area contributed by atoms with Crippen LogP contribution in [0, 0.1) is 0 Å². The van der Waals surface area contributed by atoms with Crippen LogP contribution in [0.1, 0.15) is 47.9 Å². The van der Waals surface area contributed by atoms with Crippen molar-refractivity contribution in [3.8, 4) is 0 Å². The highest BCUT2D eigenvalue weighted by Gasteiger charge is 2.48. The molecule has 4 aromatic carbocycles. The van der Waals surface area contributed by atoms with Gasteiger partial charge in [-0.2, -0.15) is 0 Å². The second kappa shape index (κ2) is 15.6. The molecule has 0 saturated carbocycles. The van der Waals surface area contributed by atoms with Gasteiger partial charge in [-0.05, 0) is 48.5 Å². The van der Waals surface area contributed by atoms with Gasteiger partial charge in [-0.3, -0.25) is 0 Å². The van der Waals surface area contributed by atoms with E-state index in [9.17, 15) is 19.2 Å². The van der Waals surface area contributed by atoms with Gasteiger partial charge >= 0.3 is 23.9 Å². The van der Waals surface area contributed by atoms with Gasteiger partial charge in [-0.1, -0.05) is 72.8 Å². The van der Waals surface area contributed by atoms with Crippen molar-refractivity contribution < 1.29 is 47.6 Å². The highest BCUT2D eigenvalue weighted by molar-refractivity contribution is 5.91. The molecule has 1 saturated heterocycles. The van der Waals surface area contributed by atoms with E-state index in [0.717, 1.165) is 0 Å². The minimum absolute atomic E-state index is 0.107. The maximum Gasteiger partial charge on any atom is 0.338 e. The average Bonchev–Trinajstić information content (AvgIpc) is 3.24. The molecule has 0 unspecified atom stereocenters. The highest BCUT2D eigenvalue weighted by atomic mass is 16.7. The summed E-state index contributed by atoms with van der Waals surface area (Å²) in [6.07, 6.45) is -6.39. The minimum atomic E-state index is -1.42. The molecular formula is C36H32O10. The monoisotopic (exact) mass is 624 g/mol. The molecule has 10 nitrogen and oxygen atoms in total. The van der Waals surface area contributed by atoms with E-state index in [-0.39, 0.29) is 23.1 Å². The Hall–Kier alpha value is -5.32. The topological polar surface area (TPSA) is 124 Å². The van der Waals surface area contributed by atoms with Crippen molar-refractivity contribution in [1.82, 2.24) is 0 Å². The molecule has 0 bridgehead atoms. The van der Waals surface area contributed by atoms with Crippen molar-refractivity contribution in [3.63, 3.8) is 0 Å². The van der Waals surface area contributed by atoms with E-state index in [2.05, 4.69) is 0 Å². The summed E-state index contributed by atoms with van der Waals surface area (Å²) in [7, 11) is 1.38. The molecule has 1 aliphatic rings. The summed E-state index contributed by atoms with van der Waals surface area (Å²) in [6, 6.07) is 32.9. The lowest BCUT2D eigenvalue weighted by Gasteiger charge is -2.33. The number of ether oxygens (including phenoxy) is 6. The first-order valence-electron chi connectivity index (χ1n) is 14.6. The molecule has 236 valence electrons. The van der Waals surface area contributed by atoms with Gasteiger partial charge in [0.2, 0.25) is 0 Å². The molecule has 4 aromatic rings. The summed E-state index contributed by atoms with van der Waals surface area (Å²) in [5.41, 5.74) is 0.963. The van der Waals surface area contributed by atoms with Crippen LogP contribution in [0.2, 0.25) is 0 Å². The third kappa shape index (κ3) is 8.23. The van der Waals surface area contributed by atoms with Crippen LogP contribution in [0.3, 0.4) is 0 Å². The number of hydrogen-bond donors (Lipinski definition) is 0. The fraction of sp³-hybridized carbons (Fsp3) is 0.222. The third-order valence-electron chi connectivity index (χ3n) is 7.23. The Balaban J connectivity index is 1.52. The van der Waals surface area contributed by atoms with Gasteiger partial charge in [0, 0.05) is 13.5 Å². The number of carbonyl (C=O) groups excluding carboxylic acids is 4. The summed E-state index contributed by atoms with van der Waals surface area (Å²) in [6.45, 7) is -0.418.